The molecule has 0 aromatic carbocycles. The summed E-state index contributed by atoms with van der Waals surface area (Å²) in [5, 5.41) is 2.88. The molecule has 0 fully saturated rings. The van der Waals surface area contributed by atoms with Gasteiger partial charge in [0.05, 0.1) is 23.5 Å². The SMILES string of the molecule is C#CC(CC)NC(=O)c1cc(Cl)ncc1N. The zero-order chi connectivity index (χ0) is 12.1. The van der Waals surface area contributed by atoms with Gasteiger partial charge in [-0.25, -0.2) is 4.98 Å². The first-order chi connectivity index (χ1) is 7.58. The number of hydrogen-bond donors (Lipinski definition) is 2. The topological polar surface area (TPSA) is 68.0 Å². The van der Waals surface area contributed by atoms with Crippen LogP contribution < -0.4 is 11.1 Å². The van der Waals surface area contributed by atoms with Gasteiger partial charge in [0, 0.05) is 0 Å². The van der Waals surface area contributed by atoms with Gasteiger partial charge in [-0.3, -0.25) is 4.79 Å². The number of halogens is 1. The Morgan fingerprint density at radius 3 is 3.06 bits per heavy atom. The summed E-state index contributed by atoms with van der Waals surface area (Å²) < 4.78 is 0. The minimum Gasteiger partial charge on any atom is -0.397 e. The van der Waals surface area contributed by atoms with Crippen LogP contribution in [0.15, 0.2) is 12.3 Å². The standard InChI is InChI=1S/C11H12ClN3O/c1-3-7(4-2)15-11(16)8-5-10(12)14-6-9(8)13/h1,5-7H,4,13H2,2H3,(H,15,16). The first kappa shape index (κ1) is 12.3. The molecule has 1 rings (SSSR count). The number of rotatable bonds is 3. The Kier molecular flexibility index (Phi) is 4.15. The number of carbonyl (C=O) groups excluding carboxylic acids is 1. The number of nitrogens with one attached hydrogen (secondary N) is 1. The number of hydrogen-bond acceptors (Lipinski definition) is 3. The number of carbonyl (C=O) groups is 1. The molecule has 1 aromatic rings. The van der Waals surface area contributed by atoms with Crippen LogP contribution in [0.5, 0.6) is 0 Å². The third-order valence-electron chi connectivity index (χ3n) is 2.06. The van der Waals surface area contributed by atoms with Crippen LogP contribution in [0.4, 0.5) is 5.69 Å². The maximum atomic E-state index is 11.8. The van der Waals surface area contributed by atoms with Crippen molar-refractivity contribution in [3.63, 3.8) is 0 Å². The highest BCUT2D eigenvalue weighted by molar-refractivity contribution is 6.29. The number of aromatic nitrogens is 1. The predicted molar refractivity (Wildman–Crippen MR) is 64.0 cm³/mol. The Bertz CT molecular complexity index is 439. The lowest BCUT2D eigenvalue weighted by Crippen LogP contribution is -2.33. The van der Waals surface area contributed by atoms with Crippen molar-refractivity contribution in [1.29, 1.82) is 0 Å². The van der Waals surface area contributed by atoms with Crippen LogP contribution in [-0.4, -0.2) is 16.9 Å². The predicted octanol–water partition coefficient (Wildman–Crippen LogP) is 1.46. The van der Waals surface area contributed by atoms with Crippen LogP contribution in [0, 0.1) is 12.3 Å². The van der Waals surface area contributed by atoms with Gasteiger partial charge in [0.1, 0.15) is 5.15 Å². The van der Waals surface area contributed by atoms with Crippen molar-refractivity contribution < 1.29 is 4.79 Å². The summed E-state index contributed by atoms with van der Waals surface area (Å²) >= 11 is 5.68. The average Bonchev–Trinajstić information content (AvgIpc) is 2.28. The normalized spacial score (nSPS) is 11.6. The summed E-state index contributed by atoms with van der Waals surface area (Å²) in [5.74, 6) is 2.12. The minimum absolute atomic E-state index is 0.216. The van der Waals surface area contributed by atoms with Crippen molar-refractivity contribution in [1.82, 2.24) is 10.3 Å². The average molecular weight is 238 g/mol. The Morgan fingerprint density at radius 2 is 2.50 bits per heavy atom. The molecule has 0 saturated carbocycles. The number of nitrogens with two attached hydrogens (primary N) is 1. The van der Waals surface area contributed by atoms with Crippen LogP contribution in [0.2, 0.25) is 5.15 Å². The van der Waals surface area contributed by atoms with E-state index in [0.717, 1.165) is 0 Å². The second-order valence-corrected chi connectivity index (χ2v) is 3.58. The molecule has 1 aromatic heterocycles. The first-order valence-corrected chi connectivity index (χ1v) is 5.14. The van der Waals surface area contributed by atoms with Gasteiger partial charge in [0.15, 0.2) is 0 Å². The van der Waals surface area contributed by atoms with E-state index < -0.39 is 0 Å². The van der Waals surface area contributed by atoms with Gasteiger partial charge < -0.3 is 11.1 Å². The Labute approximate surface area is 99.2 Å². The van der Waals surface area contributed by atoms with Crippen molar-refractivity contribution in [2.75, 3.05) is 5.73 Å². The van der Waals surface area contributed by atoms with Crippen molar-refractivity contribution in [2.24, 2.45) is 0 Å². The van der Waals surface area contributed by atoms with Crippen LogP contribution in [-0.2, 0) is 0 Å². The summed E-state index contributed by atoms with van der Waals surface area (Å²) in [7, 11) is 0. The lowest BCUT2D eigenvalue weighted by molar-refractivity contribution is 0.0946. The molecule has 0 radical (unpaired) electrons. The maximum Gasteiger partial charge on any atom is 0.254 e. The number of terminal acetylenes is 1. The zero-order valence-electron chi connectivity index (χ0n) is 8.83. The Hall–Kier alpha value is -1.73. The summed E-state index contributed by atoms with van der Waals surface area (Å²) in [4.78, 5) is 15.5. The summed E-state index contributed by atoms with van der Waals surface area (Å²) in [6.45, 7) is 1.88. The molecule has 0 spiro atoms. The molecule has 1 atom stereocenters. The smallest absolute Gasteiger partial charge is 0.254 e. The third kappa shape index (κ3) is 2.88. The fourth-order valence-corrected chi connectivity index (χ4v) is 1.29. The van der Waals surface area contributed by atoms with E-state index >= 15 is 0 Å². The second-order valence-electron chi connectivity index (χ2n) is 3.20. The van der Waals surface area contributed by atoms with Crippen molar-refractivity contribution >= 4 is 23.2 Å². The van der Waals surface area contributed by atoms with E-state index in [9.17, 15) is 4.79 Å². The number of anilines is 1. The maximum absolute atomic E-state index is 11.8. The molecular formula is C11H12ClN3O. The van der Waals surface area contributed by atoms with E-state index in [0.29, 0.717) is 6.42 Å². The first-order valence-electron chi connectivity index (χ1n) is 4.76. The van der Waals surface area contributed by atoms with Gasteiger partial charge in [-0.1, -0.05) is 24.4 Å². The van der Waals surface area contributed by atoms with E-state index in [1.807, 2.05) is 6.92 Å². The second kappa shape index (κ2) is 5.38. The lowest BCUT2D eigenvalue weighted by Gasteiger charge is -2.11. The molecule has 84 valence electrons. The molecule has 4 nitrogen and oxygen atoms in total. The highest BCUT2D eigenvalue weighted by Crippen LogP contribution is 2.14. The van der Waals surface area contributed by atoms with Gasteiger partial charge >= 0.3 is 0 Å². The van der Waals surface area contributed by atoms with Crippen LogP contribution >= 0.6 is 11.6 Å². The highest BCUT2D eigenvalue weighted by atomic mass is 35.5. The largest absolute Gasteiger partial charge is 0.397 e. The zero-order valence-corrected chi connectivity index (χ0v) is 9.58. The number of amides is 1. The van der Waals surface area contributed by atoms with Crippen LogP contribution in [0.3, 0.4) is 0 Å². The monoisotopic (exact) mass is 237 g/mol. The van der Waals surface area contributed by atoms with Crippen LogP contribution in [0.25, 0.3) is 0 Å². The van der Waals surface area contributed by atoms with E-state index in [1.165, 1.54) is 12.3 Å². The van der Waals surface area contributed by atoms with Gasteiger partial charge in [-0.15, -0.1) is 6.42 Å². The van der Waals surface area contributed by atoms with Gasteiger partial charge in [0.25, 0.3) is 5.91 Å². The molecule has 1 amide bonds. The van der Waals surface area contributed by atoms with Crippen molar-refractivity contribution in [2.45, 2.75) is 19.4 Å². The highest BCUT2D eigenvalue weighted by Gasteiger charge is 2.13. The van der Waals surface area contributed by atoms with Crippen LogP contribution in [0.1, 0.15) is 23.7 Å². The molecule has 5 heteroatoms. The molecule has 3 N–H and O–H groups in total. The molecule has 0 bridgehead atoms. The number of pyridine rings is 1. The van der Waals surface area contributed by atoms with E-state index in [2.05, 4.69) is 16.2 Å². The fourth-order valence-electron chi connectivity index (χ4n) is 1.13. The fraction of sp³-hybridized carbons (Fsp3) is 0.273. The minimum atomic E-state index is -0.341. The van der Waals surface area contributed by atoms with E-state index in [4.69, 9.17) is 23.8 Å². The number of nitrogens with zero attached hydrogens (tertiary/aromatic N) is 1. The van der Waals surface area contributed by atoms with E-state index in [1.54, 1.807) is 0 Å². The van der Waals surface area contributed by atoms with Gasteiger partial charge in [-0.05, 0) is 12.5 Å². The molecule has 0 saturated heterocycles. The molecule has 16 heavy (non-hydrogen) atoms. The number of nitrogen functional groups attached to an aromatic ring is 1. The van der Waals surface area contributed by atoms with Gasteiger partial charge in [0.2, 0.25) is 0 Å². The molecular weight excluding hydrogens is 226 g/mol. The summed E-state index contributed by atoms with van der Waals surface area (Å²) in [5.41, 5.74) is 6.17. The van der Waals surface area contributed by atoms with E-state index in [-0.39, 0.29) is 28.4 Å². The third-order valence-corrected chi connectivity index (χ3v) is 2.27. The Morgan fingerprint density at radius 1 is 1.81 bits per heavy atom. The molecule has 1 unspecified atom stereocenters. The molecule has 0 aliphatic heterocycles. The molecule has 1 heterocycles. The lowest BCUT2D eigenvalue weighted by atomic mass is 10.2. The summed E-state index contributed by atoms with van der Waals surface area (Å²) in [6.07, 6.45) is 7.24. The molecule has 0 aliphatic rings. The van der Waals surface area contributed by atoms with Crippen molar-refractivity contribution in [3.8, 4) is 12.3 Å². The van der Waals surface area contributed by atoms with Gasteiger partial charge in [-0.2, -0.15) is 0 Å². The van der Waals surface area contributed by atoms with Crippen molar-refractivity contribution in [3.05, 3.63) is 23.0 Å². The molecule has 0 aliphatic carbocycles. The Balaban J connectivity index is 2.89. The quantitative estimate of drug-likeness (QED) is 0.618. The summed E-state index contributed by atoms with van der Waals surface area (Å²) in [6, 6.07) is 1.11.